The van der Waals surface area contributed by atoms with E-state index in [9.17, 15) is 114 Å². The standard InChI is InChI=1S/C9H13F5.3C9H15F3.C9H18.C8H13F3.C7H10F4.C7H8.C6H7F5/c1-5-3-4-8(2,7(11)12)9(13,14)6(5)10;1-6-4-5-8(2,3)9(11,12)7(6)10;1-7-3-5-8(2,6-4-7)9(10,11)12;1-2-8(9(10,11)12)6-4-3-5-7-8;1-3-9(2)7-5-4-6-8-9;1-2-7(8(9,10)11)5-3-4-6-7;1-6(9)2-3-7(10,11)4-5(6)8;1-7-5-3-2-4-6-7;1-4(7)2-5(8,9)3-6(4,10)11/h5-7H,3-4H2,1-2H3;6-7H,4-5H2,1-3H3;7H,3-6H2,1-2H3;2-7H2,1H3;3-8H2,1-2H3;2-6H2,1H3;5H,2-4H2,1H3;2-6H,1H3;2-3H2,1H3. The van der Waals surface area contributed by atoms with E-state index in [-0.39, 0.29) is 32.1 Å². The number of hydrogen-bond donors (Lipinski definition) is 0. The van der Waals surface area contributed by atoms with E-state index >= 15 is 0 Å². The van der Waals surface area contributed by atoms with Crippen LogP contribution in [0.25, 0.3) is 0 Å². The van der Waals surface area contributed by atoms with Crippen LogP contribution in [0.5, 0.6) is 0 Å². The summed E-state index contributed by atoms with van der Waals surface area (Å²) in [5.41, 5.74) is -10.8. The second-order valence-corrected chi connectivity index (χ2v) is 31.8. The van der Waals surface area contributed by atoms with Crippen LogP contribution in [-0.2, 0) is 0 Å². The Kier molecular flexibility index (Phi) is 34.9. The van der Waals surface area contributed by atoms with E-state index in [0.29, 0.717) is 64.2 Å². The van der Waals surface area contributed by atoms with Gasteiger partial charge < -0.3 is 0 Å². The minimum atomic E-state index is -4.01. The Balaban J connectivity index is 0.000000559. The molecule has 0 bridgehead atoms. The molecule has 8 aliphatic rings. The first-order valence-corrected chi connectivity index (χ1v) is 35.3. The first-order chi connectivity index (χ1) is 44.6. The summed E-state index contributed by atoms with van der Waals surface area (Å²) in [6.45, 7) is 21.6. The van der Waals surface area contributed by atoms with Gasteiger partial charge in [-0.25, -0.2) is 74.6 Å². The van der Waals surface area contributed by atoms with Crippen LogP contribution in [0.4, 0.5) is 114 Å². The molecule has 0 spiro atoms. The fraction of sp³-hybridized carbons (Fsp3) is 0.918. The van der Waals surface area contributed by atoms with Crippen molar-refractivity contribution in [3.63, 3.8) is 0 Å². The molecule has 8 atom stereocenters. The van der Waals surface area contributed by atoms with Gasteiger partial charge >= 0.3 is 18.5 Å². The van der Waals surface area contributed by atoms with Crippen molar-refractivity contribution in [3.05, 3.63) is 35.9 Å². The van der Waals surface area contributed by atoms with Gasteiger partial charge in [-0.1, -0.05) is 163 Å². The third kappa shape index (κ3) is 26.4. The smallest absolute Gasteiger partial charge is 0.244 e. The SMILES string of the molecule is CC1(F)CC(F)(F)CC1(F)F.CC1(F)CCC(F)(F)CC1F.CC1CCC(C)(C(F)(F)F)CC1.CC1CCC(C)(C(F)F)C(F)(F)C1F.CC1CCC(C)(C)C(F)(F)C1F.CCC1(C(F)(F)F)CCCC1.CCC1(C(F)(F)F)CCCCC1.CCC1(C)CCCCC1.Cc1ccccc1. The van der Waals surface area contributed by atoms with Gasteiger partial charge in [-0.05, 0) is 160 Å². The molecule has 1 aromatic rings. The molecule has 0 N–H and O–H groups in total. The van der Waals surface area contributed by atoms with Crippen LogP contribution in [0.15, 0.2) is 30.3 Å². The van der Waals surface area contributed by atoms with E-state index in [0.717, 1.165) is 64.2 Å². The molecule has 0 nitrogen and oxygen atoms in total. The normalized spacial score (nSPS) is 33.5. The molecule has 99 heavy (non-hydrogen) atoms. The fourth-order valence-corrected chi connectivity index (χ4v) is 13.7. The van der Waals surface area contributed by atoms with E-state index in [1.807, 2.05) is 25.1 Å². The molecule has 0 heterocycles. The highest BCUT2D eigenvalue weighted by Gasteiger charge is 2.67. The molecule has 1 aromatic carbocycles. The van der Waals surface area contributed by atoms with E-state index in [1.54, 1.807) is 20.8 Å². The first-order valence-electron chi connectivity index (χ1n) is 35.3. The molecular weight excluding hydrogens is 1370 g/mol. The van der Waals surface area contributed by atoms with Crippen molar-refractivity contribution in [2.45, 2.75) is 374 Å². The third-order valence-corrected chi connectivity index (χ3v) is 23.0. The van der Waals surface area contributed by atoms with Gasteiger partial charge in [-0.3, -0.25) is 0 Å². The predicted molar refractivity (Wildman–Crippen MR) is 340 cm³/mol. The second-order valence-electron chi connectivity index (χ2n) is 31.8. The van der Waals surface area contributed by atoms with Crippen LogP contribution in [0.3, 0.4) is 0 Å². The van der Waals surface area contributed by atoms with Gasteiger partial charge in [-0.15, -0.1) is 0 Å². The molecule has 8 aliphatic carbocycles. The zero-order chi connectivity index (χ0) is 77.4. The summed E-state index contributed by atoms with van der Waals surface area (Å²) in [5.74, 6) is -18.4. The highest BCUT2D eigenvalue weighted by Crippen LogP contribution is 2.58. The third-order valence-electron chi connectivity index (χ3n) is 23.0. The predicted octanol–water partition coefficient (Wildman–Crippen LogP) is 29.3. The quantitative estimate of drug-likeness (QED) is 0.264. The van der Waals surface area contributed by atoms with Crippen LogP contribution < -0.4 is 0 Å². The van der Waals surface area contributed by atoms with Gasteiger partial charge in [-0.2, -0.15) is 39.5 Å². The zero-order valence-electron chi connectivity index (χ0n) is 60.5. The summed E-state index contributed by atoms with van der Waals surface area (Å²) in [6, 6.07) is 10.3. The summed E-state index contributed by atoms with van der Waals surface area (Å²) >= 11 is 0. The number of benzene rings is 1. The number of hydrogen-bond acceptors (Lipinski definition) is 0. The maximum Gasteiger partial charge on any atom is 0.394 e. The number of aryl methyl sites for hydroxylation is 1. The maximum absolute atomic E-state index is 13.3. The van der Waals surface area contributed by atoms with Gasteiger partial charge in [0.05, 0.1) is 34.5 Å². The number of alkyl halides is 26. The van der Waals surface area contributed by atoms with Crippen LogP contribution >= 0.6 is 0 Å². The van der Waals surface area contributed by atoms with Gasteiger partial charge in [0.25, 0.3) is 29.6 Å². The molecule has 588 valence electrons. The first kappa shape index (κ1) is 94.4. The van der Waals surface area contributed by atoms with Crippen molar-refractivity contribution in [3.8, 4) is 0 Å². The average Bonchev–Trinajstić information content (AvgIpc) is 1.36. The highest BCUT2D eigenvalue weighted by atomic mass is 19.4. The van der Waals surface area contributed by atoms with Gasteiger partial charge in [0, 0.05) is 18.3 Å². The lowest BCUT2D eigenvalue weighted by Crippen LogP contribution is -2.56. The molecule has 0 radical (unpaired) electrons. The average molecular weight is 1490 g/mol. The van der Waals surface area contributed by atoms with Gasteiger partial charge in [0.15, 0.2) is 18.0 Å². The molecule has 9 rings (SSSR count). The van der Waals surface area contributed by atoms with E-state index < -0.39 is 149 Å². The Labute approximate surface area is 572 Å². The number of halogens is 26. The molecule has 0 aliphatic heterocycles. The van der Waals surface area contributed by atoms with E-state index in [1.165, 1.54) is 71.8 Å². The minimum absolute atomic E-state index is 0.0809. The van der Waals surface area contributed by atoms with Crippen molar-refractivity contribution < 1.29 is 114 Å². The molecule has 8 saturated carbocycles. The van der Waals surface area contributed by atoms with Crippen LogP contribution in [0, 0.1) is 57.2 Å². The maximum atomic E-state index is 13.3. The Morgan fingerprint density at radius 1 is 0.434 bits per heavy atom. The van der Waals surface area contributed by atoms with Crippen molar-refractivity contribution >= 4 is 0 Å². The van der Waals surface area contributed by atoms with Gasteiger partial charge in [0.2, 0.25) is 6.43 Å². The second kappa shape index (κ2) is 36.6. The molecule has 26 heteroatoms. The lowest BCUT2D eigenvalue weighted by Gasteiger charge is -2.44. The molecule has 8 unspecified atom stereocenters. The van der Waals surface area contributed by atoms with E-state index in [4.69, 9.17) is 0 Å². The molecular formula is C73H114F26. The Hall–Kier alpha value is -2.60. The van der Waals surface area contributed by atoms with Crippen molar-refractivity contribution in [2.75, 3.05) is 0 Å². The summed E-state index contributed by atoms with van der Waals surface area (Å²) in [5, 5.41) is 0. The minimum Gasteiger partial charge on any atom is -0.244 e. The van der Waals surface area contributed by atoms with Crippen LogP contribution in [0.2, 0.25) is 0 Å². The lowest BCUT2D eigenvalue weighted by molar-refractivity contribution is -0.242. The molecule has 0 saturated heterocycles. The Bertz CT molecular complexity index is 2380. The summed E-state index contributed by atoms with van der Waals surface area (Å²) in [7, 11) is 0. The van der Waals surface area contributed by atoms with Gasteiger partial charge in [0.1, 0.15) is 11.8 Å². The fourth-order valence-electron chi connectivity index (χ4n) is 13.7. The Morgan fingerprint density at radius 2 is 0.828 bits per heavy atom. The van der Waals surface area contributed by atoms with Crippen LogP contribution in [0.1, 0.15) is 288 Å². The summed E-state index contributed by atoms with van der Waals surface area (Å²) in [6.07, 6.45) is -9.25. The topological polar surface area (TPSA) is 0 Å². The summed E-state index contributed by atoms with van der Waals surface area (Å²) in [4.78, 5) is 0. The molecule has 0 aromatic heterocycles. The molecule has 0 amide bonds. The van der Waals surface area contributed by atoms with E-state index in [2.05, 4.69) is 32.9 Å². The number of rotatable bonds is 4. The highest BCUT2D eigenvalue weighted by molar-refractivity contribution is 5.12. The van der Waals surface area contributed by atoms with Crippen molar-refractivity contribution in [1.82, 2.24) is 0 Å². The van der Waals surface area contributed by atoms with Crippen molar-refractivity contribution in [2.24, 2.45) is 50.2 Å². The zero-order valence-corrected chi connectivity index (χ0v) is 60.5. The largest absolute Gasteiger partial charge is 0.394 e. The van der Waals surface area contributed by atoms with Crippen molar-refractivity contribution in [1.29, 1.82) is 0 Å². The molecule has 8 fully saturated rings. The Morgan fingerprint density at radius 3 is 1.10 bits per heavy atom. The lowest BCUT2D eigenvalue weighted by atomic mass is 9.68. The summed E-state index contributed by atoms with van der Waals surface area (Å²) < 4.78 is 329. The monoisotopic (exact) mass is 1480 g/mol. The van der Waals surface area contributed by atoms with Crippen LogP contribution in [-0.4, -0.2) is 84.4 Å².